The Kier molecular flexibility index (Phi) is 7.33. The van der Waals surface area contributed by atoms with Crippen molar-refractivity contribution in [2.75, 3.05) is 56.1 Å². The summed E-state index contributed by atoms with van der Waals surface area (Å²) >= 11 is 0. The number of piperazine rings is 1. The van der Waals surface area contributed by atoms with Crippen LogP contribution in [0.4, 0.5) is 15.9 Å². The molecule has 0 aromatic carbocycles. The number of nitrogens with one attached hydrogen (secondary N) is 2. The number of halogens is 1. The van der Waals surface area contributed by atoms with Gasteiger partial charge in [-0.1, -0.05) is 13.0 Å². The summed E-state index contributed by atoms with van der Waals surface area (Å²) in [6.45, 7) is 9.22. The molecule has 0 aliphatic carbocycles. The maximum Gasteiger partial charge on any atom is 0.252 e. The van der Waals surface area contributed by atoms with Crippen LogP contribution >= 0.6 is 0 Å². The van der Waals surface area contributed by atoms with Crippen LogP contribution in [0.15, 0.2) is 35.1 Å². The summed E-state index contributed by atoms with van der Waals surface area (Å²) in [5.41, 5.74) is 2.88. The normalized spacial score (nSPS) is 18.6. The smallest absolute Gasteiger partial charge is 0.252 e. The molecule has 0 saturated carbocycles. The van der Waals surface area contributed by atoms with Gasteiger partial charge in [0.2, 0.25) is 5.95 Å². The lowest BCUT2D eigenvalue weighted by Gasteiger charge is -2.43. The van der Waals surface area contributed by atoms with Gasteiger partial charge in [-0.15, -0.1) is 0 Å². The van der Waals surface area contributed by atoms with Gasteiger partial charge in [0.05, 0.1) is 17.1 Å². The lowest BCUT2D eigenvalue weighted by atomic mass is 10.0. The summed E-state index contributed by atoms with van der Waals surface area (Å²) < 4.78 is 14.7. The van der Waals surface area contributed by atoms with E-state index >= 15 is 0 Å². The lowest BCUT2D eigenvalue weighted by molar-refractivity contribution is 0.159. The highest BCUT2D eigenvalue weighted by molar-refractivity contribution is 5.62. The van der Waals surface area contributed by atoms with E-state index in [4.69, 9.17) is 0 Å². The van der Waals surface area contributed by atoms with E-state index in [-0.39, 0.29) is 5.56 Å². The van der Waals surface area contributed by atoms with Crippen LogP contribution < -0.4 is 20.7 Å². The molecule has 8 heteroatoms. The van der Waals surface area contributed by atoms with E-state index in [0.717, 1.165) is 75.6 Å². The molecule has 2 aromatic rings. The van der Waals surface area contributed by atoms with Gasteiger partial charge >= 0.3 is 0 Å². The lowest BCUT2D eigenvalue weighted by Crippen LogP contribution is -2.53. The summed E-state index contributed by atoms with van der Waals surface area (Å²) in [4.78, 5) is 26.3. The zero-order chi connectivity index (χ0) is 23.4. The van der Waals surface area contributed by atoms with Gasteiger partial charge in [0.25, 0.3) is 5.56 Å². The van der Waals surface area contributed by atoms with E-state index in [1.54, 1.807) is 0 Å². The van der Waals surface area contributed by atoms with Crippen molar-refractivity contribution in [2.24, 2.45) is 0 Å². The fourth-order valence-corrected chi connectivity index (χ4v) is 4.99. The number of aryl methyl sites for hydroxylation is 1. The van der Waals surface area contributed by atoms with Crippen molar-refractivity contribution in [1.82, 2.24) is 20.2 Å². The minimum atomic E-state index is -0.410. The van der Waals surface area contributed by atoms with E-state index in [0.29, 0.717) is 17.4 Å². The summed E-state index contributed by atoms with van der Waals surface area (Å²) in [6.07, 6.45) is 4.78. The third-order valence-corrected chi connectivity index (χ3v) is 7.00. The standard InChI is InChI=1S/C25H35FN6O/c1-4-18-6-9-23(29-25(18)33)32-12-10-19(11-13-32)30-14-16-31(17-15-30)22-8-7-21(28-24(22)26)20(5-2)27-3/h5-9,19,27H,4,10-17H2,1-3H3,(H,29,33)/b20-5+. The fraction of sp³-hybridized carbons (Fsp3) is 0.520. The first-order valence-electron chi connectivity index (χ1n) is 12.0. The molecule has 7 nitrogen and oxygen atoms in total. The summed E-state index contributed by atoms with van der Waals surface area (Å²) in [5, 5.41) is 3.05. The van der Waals surface area contributed by atoms with Gasteiger partial charge in [-0.25, -0.2) is 4.98 Å². The SMILES string of the molecule is C/C=C(/NC)c1ccc(N2CCN(C3CCN(c4ccc(CC)c(=O)[nH]4)CC3)CC2)c(F)n1. The van der Waals surface area contributed by atoms with E-state index < -0.39 is 5.95 Å². The molecule has 0 radical (unpaired) electrons. The molecule has 0 amide bonds. The second-order valence-corrected chi connectivity index (χ2v) is 8.75. The number of pyridine rings is 2. The van der Waals surface area contributed by atoms with Crippen LogP contribution in [0, 0.1) is 5.95 Å². The average Bonchev–Trinajstić information content (AvgIpc) is 2.85. The van der Waals surface area contributed by atoms with Crippen molar-refractivity contribution in [3.63, 3.8) is 0 Å². The van der Waals surface area contributed by atoms with Crippen molar-refractivity contribution in [2.45, 2.75) is 39.2 Å². The number of hydrogen-bond acceptors (Lipinski definition) is 6. The number of piperidine rings is 1. The van der Waals surface area contributed by atoms with Gasteiger partial charge < -0.3 is 20.1 Å². The van der Waals surface area contributed by atoms with Crippen molar-refractivity contribution in [3.8, 4) is 0 Å². The van der Waals surface area contributed by atoms with Crippen LogP contribution in [-0.2, 0) is 6.42 Å². The van der Waals surface area contributed by atoms with Crippen LogP contribution in [0.25, 0.3) is 5.70 Å². The molecule has 0 spiro atoms. The van der Waals surface area contributed by atoms with Gasteiger partial charge in [0.1, 0.15) is 5.82 Å². The summed E-state index contributed by atoms with van der Waals surface area (Å²) in [7, 11) is 1.81. The third-order valence-electron chi connectivity index (χ3n) is 7.00. The Balaban J connectivity index is 1.31. The number of anilines is 2. The van der Waals surface area contributed by atoms with Gasteiger partial charge in [0.15, 0.2) is 0 Å². The van der Waals surface area contributed by atoms with E-state index in [9.17, 15) is 9.18 Å². The van der Waals surface area contributed by atoms with Crippen LogP contribution in [0.3, 0.4) is 0 Å². The number of rotatable bonds is 6. The van der Waals surface area contributed by atoms with Crippen LogP contribution in [0.2, 0.25) is 0 Å². The highest BCUT2D eigenvalue weighted by atomic mass is 19.1. The first-order valence-corrected chi connectivity index (χ1v) is 12.0. The average molecular weight is 455 g/mol. The fourth-order valence-electron chi connectivity index (χ4n) is 4.99. The first kappa shape index (κ1) is 23.3. The van der Waals surface area contributed by atoms with Crippen molar-refractivity contribution >= 4 is 17.2 Å². The molecule has 0 atom stereocenters. The maximum atomic E-state index is 14.7. The number of hydrogen-bond donors (Lipinski definition) is 2. The Morgan fingerprint density at radius 1 is 1.12 bits per heavy atom. The Bertz CT molecular complexity index is 1040. The Morgan fingerprint density at radius 3 is 2.42 bits per heavy atom. The molecule has 4 rings (SSSR count). The number of H-pyrrole nitrogens is 1. The van der Waals surface area contributed by atoms with E-state index in [2.05, 4.69) is 30.0 Å². The van der Waals surface area contributed by atoms with Crippen molar-refractivity contribution in [3.05, 3.63) is 57.9 Å². The molecule has 2 N–H and O–H groups in total. The molecule has 2 aliphatic rings. The highest BCUT2D eigenvalue weighted by Crippen LogP contribution is 2.25. The summed E-state index contributed by atoms with van der Waals surface area (Å²) in [6, 6.07) is 8.23. The van der Waals surface area contributed by atoms with E-state index in [1.807, 2.05) is 51.2 Å². The van der Waals surface area contributed by atoms with Crippen molar-refractivity contribution < 1.29 is 4.39 Å². The number of aromatic amines is 1. The minimum Gasteiger partial charge on any atom is -0.387 e. The Morgan fingerprint density at radius 2 is 1.85 bits per heavy atom. The van der Waals surface area contributed by atoms with E-state index in [1.165, 1.54) is 0 Å². The summed E-state index contributed by atoms with van der Waals surface area (Å²) in [5.74, 6) is 0.512. The maximum absolute atomic E-state index is 14.7. The van der Waals surface area contributed by atoms with Gasteiger partial charge in [-0.3, -0.25) is 9.69 Å². The molecule has 4 heterocycles. The molecule has 2 fully saturated rings. The molecule has 178 valence electrons. The Hall–Kier alpha value is -2.87. The number of nitrogens with zero attached hydrogens (tertiary/aromatic N) is 4. The second-order valence-electron chi connectivity index (χ2n) is 8.75. The predicted molar refractivity (Wildman–Crippen MR) is 132 cm³/mol. The second kappa shape index (κ2) is 10.4. The van der Waals surface area contributed by atoms with Gasteiger partial charge in [-0.2, -0.15) is 4.39 Å². The molecular weight excluding hydrogens is 419 g/mol. The molecule has 2 aliphatic heterocycles. The first-order chi connectivity index (χ1) is 16.0. The monoisotopic (exact) mass is 454 g/mol. The predicted octanol–water partition coefficient (Wildman–Crippen LogP) is 2.84. The largest absolute Gasteiger partial charge is 0.387 e. The van der Waals surface area contributed by atoms with Crippen molar-refractivity contribution in [1.29, 1.82) is 0 Å². The number of allylic oxidation sites excluding steroid dienone is 1. The molecule has 0 bridgehead atoms. The molecule has 2 saturated heterocycles. The zero-order valence-electron chi connectivity index (χ0n) is 19.9. The quantitative estimate of drug-likeness (QED) is 0.655. The Labute approximate surface area is 195 Å². The topological polar surface area (TPSA) is 67.5 Å². The van der Waals surface area contributed by atoms with Gasteiger partial charge in [0, 0.05) is 57.9 Å². The molecule has 0 unspecified atom stereocenters. The van der Waals surface area contributed by atoms with Crippen LogP contribution in [0.1, 0.15) is 37.9 Å². The van der Waals surface area contributed by atoms with Crippen LogP contribution in [0.5, 0.6) is 0 Å². The minimum absolute atomic E-state index is 0.0240. The molecule has 33 heavy (non-hydrogen) atoms. The van der Waals surface area contributed by atoms with Crippen LogP contribution in [-0.4, -0.2) is 67.2 Å². The molecule has 2 aromatic heterocycles. The zero-order valence-corrected chi connectivity index (χ0v) is 19.9. The third kappa shape index (κ3) is 5.05. The molecular formula is C25H35FN6O. The van der Waals surface area contributed by atoms with Gasteiger partial charge in [-0.05, 0) is 50.5 Å². The highest BCUT2D eigenvalue weighted by Gasteiger charge is 2.29. The number of aromatic nitrogens is 2.